The molecule has 0 unspecified atom stereocenters. The van der Waals surface area contributed by atoms with Gasteiger partial charge in [-0.15, -0.1) is 0 Å². The predicted octanol–water partition coefficient (Wildman–Crippen LogP) is 9.99. The molecule has 4 rings (SSSR count). The second kappa shape index (κ2) is 13.5. The lowest BCUT2D eigenvalue weighted by atomic mass is 9.68. The van der Waals surface area contributed by atoms with Crippen LogP contribution in [0.3, 0.4) is 0 Å². The van der Waals surface area contributed by atoms with Gasteiger partial charge in [0.25, 0.3) is 0 Å². The Kier molecular flexibility index (Phi) is 10.1. The van der Waals surface area contributed by atoms with E-state index in [1.54, 1.807) is 0 Å². The van der Waals surface area contributed by atoms with Crippen molar-refractivity contribution in [2.24, 2.45) is 23.7 Å². The van der Waals surface area contributed by atoms with E-state index in [1.165, 1.54) is 107 Å². The SMILES string of the molecule is CCCCC[C@H]1CC[C@H]([C@H]2CC[C@H](CCc3ccc(-c4ccc(CCF)cc4)cc3)CC2)CC1. The number of halogens is 1. The van der Waals surface area contributed by atoms with Crippen LogP contribution in [0.4, 0.5) is 4.39 Å². The van der Waals surface area contributed by atoms with Gasteiger partial charge in [0.15, 0.2) is 0 Å². The first kappa shape index (κ1) is 25.5. The summed E-state index contributed by atoms with van der Waals surface area (Å²) in [6, 6.07) is 17.5. The lowest BCUT2D eigenvalue weighted by molar-refractivity contribution is 0.140. The summed E-state index contributed by atoms with van der Waals surface area (Å²) >= 11 is 0. The molecule has 0 heterocycles. The number of unbranched alkanes of at least 4 members (excludes halogenated alkanes) is 2. The zero-order chi connectivity index (χ0) is 23.6. The van der Waals surface area contributed by atoms with Crippen molar-refractivity contribution in [3.63, 3.8) is 0 Å². The fourth-order valence-electron chi connectivity index (χ4n) is 6.79. The van der Waals surface area contributed by atoms with Crippen LogP contribution in [0.25, 0.3) is 11.1 Å². The Hall–Kier alpha value is -1.63. The largest absolute Gasteiger partial charge is 0.251 e. The van der Waals surface area contributed by atoms with E-state index in [2.05, 4.69) is 55.5 Å². The summed E-state index contributed by atoms with van der Waals surface area (Å²) in [7, 11) is 0. The minimum Gasteiger partial charge on any atom is -0.251 e. The third kappa shape index (κ3) is 7.43. The molecule has 2 aliphatic rings. The molecule has 2 saturated carbocycles. The minimum absolute atomic E-state index is 0.282. The topological polar surface area (TPSA) is 0 Å². The maximum Gasteiger partial charge on any atom is 0.0934 e. The average molecular weight is 463 g/mol. The molecule has 1 heteroatoms. The van der Waals surface area contributed by atoms with Crippen LogP contribution in [0.5, 0.6) is 0 Å². The van der Waals surface area contributed by atoms with Crippen LogP contribution in [0, 0.1) is 23.7 Å². The number of alkyl halides is 1. The van der Waals surface area contributed by atoms with Crippen molar-refractivity contribution in [2.75, 3.05) is 6.67 Å². The quantitative estimate of drug-likeness (QED) is 0.291. The van der Waals surface area contributed by atoms with Crippen molar-refractivity contribution < 1.29 is 4.39 Å². The third-order valence-electron chi connectivity index (χ3n) is 9.13. The minimum atomic E-state index is -0.282. The Morgan fingerprint density at radius 2 is 1.06 bits per heavy atom. The number of rotatable bonds is 11. The maximum absolute atomic E-state index is 12.5. The van der Waals surface area contributed by atoms with Crippen molar-refractivity contribution in [3.05, 3.63) is 59.7 Å². The Bertz CT molecular complexity index is 805. The first-order chi connectivity index (χ1) is 16.7. The molecular formula is C33H47F. The van der Waals surface area contributed by atoms with Gasteiger partial charge in [0, 0.05) is 6.42 Å². The molecule has 0 atom stereocenters. The van der Waals surface area contributed by atoms with Gasteiger partial charge in [0.05, 0.1) is 6.67 Å². The summed E-state index contributed by atoms with van der Waals surface area (Å²) in [6.45, 7) is 2.04. The fraction of sp³-hybridized carbons (Fsp3) is 0.636. The normalized spacial score (nSPS) is 25.4. The monoisotopic (exact) mass is 462 g/mol. The molecule has 0 amide bonds. The molecular weight excluding hydrogens is 415 g/mol. The first-order valence-corrected chi connectivity index (χ1v) is 14.5. The molecule has 0 aromatic heterocycles. The molecule has 34 heavy (non-hydrogen) atoms. The lowest BCUT2D eigenvalue weighted by Gasteiger charge is -2.38. The lowest BCUT2D eigenvalue weighted by Crippen LogP contribution is -2.26. The van der Waals surface area contributed by atoms with E-state index in [1.807, 2.05) is 0 Å². The summed E-state index contributed by atoms with van der Waals surface area (Å²) in [5.74, 6) is 4.06. The molecule has 186 valence electrons. The van der Waals surface area contributed by atoms with E-state index in [9.17, 15) is 4.39 Å². The molecule has 2 aliphatic carbocycles. The highest BCUT2D eigenvalue weighted by molar-refractivity contribution is 5.64. The van der Waals surface area contributed by atoms with E-state index < -0.39 is 0 Å². The smallest absolute Gasteiger partial charge is 0.0934 e. The summed E-state index contributed by atoms with van der Waals surface area (Å²) in [5, 5.41) is 0. The second-order valence-electron chi connectivity index (χ2n) is 11.4. The second-order valence-corrected chi connectivity index (χ2v) is 11.4. The zero-order valence-electron chi connectivity index (χ0n) is 21.6. The van der Waals surface area contributed by atoms with Gasteiger partial charge in [-0.1, -0.05) is 107 Å². The van der Waals surface area contributed by atoms with Crippen molar-refractivity contribution in [2.45, 2.75) is 103 Å². The standard InChI is InChI=1S/C33H47F/c1-2-3-4-5-26-8-16-30(17-9-26)31-18-10-27(11-19-31)6-7-28-12-20-32(21-13-28)33-22-14-29(15-23-33)24-25-34/h12-15,20-23,26-27,30-31H,2-11,16-19,24-25H2,1H3/t26-,27-,30-,31-. The van der Waals surface area contributed by atoms with Crippen molar-refractivity contribution >= 4 is 0 Å². The molecule has 2 fully saturated rings. The van der Waals surface area contributed by atoms with E-state index in [-0.39, 0.29) is 6.67 Å². The van der Waals surface area contributed by atoms with E-state index >= 15 is 0 Å². The highest BCUT2D eigenvalue weighted by Gasteiger charge is 2.30. The average Bonchev–Trinajstić information content (AvgIpc) is 2.89. The van der Waals surface area contributed by atoms with Crippen molar-refractivity contribution in [1.29, 1.82) is 0 Å². The van der Waals surface area contributed by atoms with Gasteiger partial charge in [-0.25, -0.2) is 0 Å². The summed E-state index contributed by atoms with van der Waals surface area (Å²) in [6.07, 6.45) is 20.9. The molecule has 2 aromatic carbocycles. The number of hydrogen-bond acceptors (Lipinski definition) is 0. The highest BCUT2D eigenvalue weighted by Crippen LogP contribution is 2.43. The van der Waals surface area contributed by atoms with Gasteiger partial charge in [0.1, 0.15) is 0 Å². The van der Waals surface area contributed by atoms with Crippen molar-refractivity contribution in [1.82, 2.24) is 0 Å². The van der Waals surface area contributed by atoms with Gasteiger partial charge in [0.2, 0.25) is 0 Å². The highest BCUT2D eigenvalue weighted by atomic mass is 19.1. The zero-order valence-corrected chi connectivity index (χ0v) is 21.6. The molecule has 0 nitrogen and oxygen atoms in total. The summed E-state index contributed by atoms with van der Waals surface area (Å²) in [4.78, 5) is 0. The number of benzene rings is 2. The Labute approximate surface area is 208 Å². The van der Waals surface area contributed by atoms with Crippen LogP contribution in [-0.4, -0.2) is 6.67 Å². The van der Waals surface area contributed by atoms with Crippen LogP contribution in [0.15, 0.2) is 48.5 Å². The summed E-state index contributed by atoms with van der Waals surface area (Å²) in [5.41, 5.74) is 5.03. The predicted molar refractivity (Wildman–Crippen MR) is 145 cm³/mol. The van der Waals surface area contributed by atoms with E-state index in [4.69, 9.17) is 0 Å². The first-order valence-electron chi connectivity index (χ1n) is 14.5. The van der Waals surface area contributed by atoms with Crippen LogP contribution in [0.1, 0.15) is 102 Å². The molecule has 0 radical (unpaired) electrons. The third-order valence-corrected chi connectivity index (χ3v) is 9.13. The Morgan fingerprint density at radius 1 is 0.588 bits per heavy atom. The summed E-state index contributed by atoms with van der Waals surface area (Å²) < 4.78 is 12.5. The van der Waals surface area contributed by atoms with E-state index in [0.29, 0.717) is 6.42 Å². The number of aryl methyl sites for hydroxylation is 2. The Balaban J connectivity index is 1.15. The van der Waals surface area contributed by atoms with Gasteiger partial charge in [-0.3, -0.25) is 4.39 Å². The molecule has 0 saturated heterocycles. The molecule has 0 N–H and O–H groups in total. The molecule has 0 bridgehead atoms. The number of hydrogen-bond donors (Lipinski definition) is 0. The van der Waals surface area contributed by atoms with Crippen LogP contribution >= 0.6 is 0 Å². The van der Waals surface area contributed by atoms with Gasteiger partial charge >= 0.3 is 0 Å². The van der Waals surface area contributed by atoms with Crippen molar-refractivity contribution in [3.8, 4) is 11.1 Å². The maximum atomic E-state index is 12.5. The Morgan fingerprint density at radius 3 is 1.53 bits per heavy atom. The van der Waals surface area contributed by atoms with Crippen LogP contribution in [0.2, 0.25) is 0 Å². The van der Waals surface area contributed by atoms with Gasteiger partial charge in [-0.2, -0.15) is 0 Å². The molecule has 2 aromatic rings. The molecule has 0 spiro atoms. The molecule has 0 aliphatic heterocycles. The van der Waals surface area contributed by atoms with E-state index in [0.717, 1.165) is 29.2 Å². The van der Waals surface area contributed by atoms with Gasteiger partial charge < -0.3 is 0 Å². The van der Waals surface area contributed by atoms with Gasteiger partial charge in [-0.05, 0) is 84.5 Å². The van der Waals surface area contributed by atoms with Crippen LogP contribution in [-0.2, 0) is 12.8 Å². The van der Waals surface area contributed by atoms with Crippen LogP contribution < -0.4 is 0 Å². The fourth-order valence-corrected chi connectivity index (χ4v) is 6.79.